The second kappa shape index (κ2) is 10.2. The smallest absolute Gasteiger partial charge is 0.387 e. The molecule has 18 nitrogen and oxygen atoms in total. The van der Waals surface area contributed by atoms with E-state index >= 15 is 0 Å². The summed E-state index contributed by atoms with van der Waals surface area (Å²) in [6.07, 6.45) is -1.94. The van der Waals surface area contributed by atoms with Crippen LogP contribution in [0.5, 0.6) is 0 Å². The Kier molecular flexibility index (Phi) is 8.06. The molecule has 1 fully saturated rings. The van der Waals surface area contributed by atoms with Crippen LogP contribution in [0.15, 0.2) is 25.3 Å². The molecule has 0 bridgehead atoms. The first-order valence-electron chi connectivity index (χ1n) is 9.05. The van der Waals surface area contributed by atoms with Crippen LogP contribution in [0, 0.1) is 0 Å². The lowest BCUT2D eigenvalue weighted by molar-refractivity contribution is -0.0503. The van der Waals surface area contributed by atoms with E-state index < -0.39 is 54.6 Å². The molecule has 1 aliphatic rings. The fourth-order valence-corrected chi connectivity index (χ4v) is 5.93. The van der Waals surface area contributed by atoms with Crippen LogP contribution in [0.4, 0.5) is 5.82 Å². The molecule has 0 aromatic carbocycles. The highest BCUT2D eigenvalue weighted by Gasteiger charge is 2.47. The maximum absolute atomic E-state index is 11.9. The van der Waals surface area contributed by atoms with Crippen LogP contribution in [0.1, 0.15) is 6.23 Å². The number of aliphatic hydroxyl groups is 2. The van der Waals surface area contributed by atoms with E-state index in [1.54, 1.807) is 6.08 Å². The highest BCUT2D eigenvalue weighted by atomic mass is 31.3. The molecule has 6 atom stereocenters. The molecule has 0 spiro atoms. The summed E-state index contributed by atoms with van der Waals surface area (Å²) in [6, 6.07) is 0. The first-order chi connectivity index (χ1) is 15.7. The second-order valence-electron chi connectivity index (χ2n) is 6.65. The van der Waals surface area contributed by atoms with Crippen LogP contribution in [-0.2, 0) is 31.6 Å². The van der Waals surface area contributed by atoms with Gasteiger partial charge in [-0.1, -0.05) is 6.08 Å². The van der Waals surface area contributed by atoms with Crippen LogP contribution in [0.25, 0.3) is 11.2 Å². The lowest BCUT2D eigenvalue weighted by Crippen LogP contribution is -2.33. The van der Waals surface area contributed by atoms with Crippen molar-refractivity contribution in [3.63, 3.8) is 0 Å². The Hall–Kier alpha value is -1.62. The van der Waals surface area contributed by atoms with Crippen molar-refractivity contribution in [1.29, 1.82) is 0 Å². The fourth-order valence-electron chi connectivity index (χ4n) is 2.90. The molecule has 7 N–H and O–H groups in total. The van der Waals surface area contributed by atoms with Gasteiger partial charge in [-0.15, -0.1) is 6.58 Å². The number of aliphatic hydroxyl groups excluding tert-OH is 2. The molecule has 3 rings (SSSR count). The van der Waals surface area contributed by atoms with Crippen LogP contribution >= 0.6 is 23.5 Å². The number of hydrogen-bond acceptors (Lipinski definition) is 13. The van der Waals surface area contributed by atoms with E-state index in [2.05, 4.69) is 40.0 Å². The summed E-state index contributed by atoms with van der Waals surface area (Å²) >= 11 is 0. The summed E-state index contributed by atoms with van der Waals surface area (Å²) < 4.78 is 52.3. The van der Waals surface area contributed by atoms with Gasteiger partial charge in [0.05, 0.1) is 12.9 Å². The molecule has 2 aromatic heterocycles. The minimum absolute atomic E-state index is 0.214. The van der Waals surface area contributed by atoms with Crippen molar-refractivity contribution in [3.8, 4) is 0 Å². The Morgan fingerprint density at radius 3 is 2.44 bits per heavy atom. The Morgan fingerprint density at radius 1 is 1.09 bits per heavy atom. The standard InChI is InChI=1S/C13H20N5O13P3/c1-2-3-14-11-8-12(16-5-15-11)18(6-17-8)13-10(20)9(19)7(29-13)4-28-33(24,25)31-34(26,27)30-32(21,22)23/h2,5-7,9-10,13,19-20H,1,3-4H2,(H,24,25)(H,26,27)(H,14,15,16)(H2,21,22,23)/t7-,9-,10-,13-/m1/s1. The predicted molar refractivity (Wildman–Crippen MR) is 110 cm³/mol. The van der Waals surface area contributed by atoms with Gasteiger partial charge in [-0.05, 0) is 0 Å². The van der Waals surface area contributed by atoms with Gasteiger partial charge in [-0.2, -0.15) is 8.62 Å². The van der Waals surface area contributed by atoms with E-state index in [-0.39, 0.29) is 5.65 Å². The lowest BCUT2D eigenvalue weighted by Gasteiger charge is -2.19. The number of imidazole rings is 1. The minimum atomic E-state index is -5.71. The zero-order chi connectivity index (χ0) is 25.3. The number of nitrogens with zero attached hydrogens (tertiary/aromatic N) is 4. The van der Waals surface area contributed by atoms with Gasteiger partial charge in [-0.3, -0.25) is 9.09 Å². The maximum Gasteiger partial charge on any atom is 0.490 e. The van der Waals surface area contributed by atoms with Gasteiger partial charge in [0.25, 0.3) is 0 Å². The second-order valence-corrected chi connectivity index (χ2v) is 11.1. The number of nitrogens with one attached hydrogen (secondary N) is 1. The highest BCUT2D eigenvalue weighted by Crippen LogP contribution is 2.66. The van der Waals surface area contributed by atoms with Gasteiger partial charge in [-0.25, -0.2) is 28.6 Å². The number of aromatic nitrogens is 4. The number of phosphoric ester groups is 1. The van der Waals surface area contributed by atoms with Gasteiger partial charge in [0.2, 0.25) is 0 Å². The molecule has 2 unspecified atom stereocenters. The van der Waals surface area contributed by atoms with Crippen molar-refractivity contribution in [2.75, 3.05) is 18.5 Å². The number of anilines is 1. The van der Waals surface area contributed by atoms with Gasteiger partial charge < -0.3 is 39.8 Å². The van der Waals surface area contributed by atoms with Crippen LogP contribution in [-0.4, -0.2) is 80.8 Å². The molecule has 190 valence electrons. The summed E-state index contributed by atoms with van der Waals surface area (Å²) in [4.78, 5) is 48.1. The maximum atomic E-state index is 11.9. The SMILES string of the molecule is C=CCNc1ncnc2c1ncn2[C@@H]1O[C@H](COP(=O)(O)OP(=O)(O)OP(=O)(O)O)[C@@H](O)[C@H]1O. The Balaban J connectivity index is 1.71. The monoisotopic (exact) mass is 547 g/mol. The van der Waals surface area contributed by atoms with Gasteiger partial charge in [0.1, 0.15) is 24.6 Å². The summed E-state index contributed by atoms with van der Waals surface area (Å²) in [7, 11) is -16.7. The predicted octanol–water partition coefficient (Wildman–Crippen LogP) is -0.613. The number of hydrogen-bond donors (Lipinski definition) is 7. The highest BCUT2D eigenvalue weighted by molar-refractivity contribution is 7.66. The third kappa shape index (κ3) is 6.53. The summed E-state index contributed by atoms with van der Waals surface area (Å²) in [5.74, 6) is 0.362. The molecule has 34 heavy (non-hydrogen) atoms. The van der Waals surface area contributed by atoms with E-state index in [1.807, 2.05) is 0 Å². The van der Waals surface area contributed by atoms with E-state index in [0.717, 1.165) is 0 Å². The van der Waals surface area contributed by atoms with Crippen molar-refractivity contribution in [3.05, 3.63) is 25.3 Å². The van der Waals surface area contributed by atoms with E-state index in [4.69, 9.17) is 19.4 Å². The van der Waals surface area contributed by atoms with Crippen LogP contribution in [0.2, 0.25) is 0 Å². The van der Waals surface area contributed by atoms with Crippen LogP contribution in [0.3, 0.4) is 0 Å². The molecule has 1 aliphatic heterocycles. The average molecular weight is 547 g/mol. The summed E-state index contributed by atoms with van der Waals surface area (Å²) in [6.45, 7) is 3.00. The molecule has 2 aromatic rings. The Labute approximate surface area is 190 Å². The van der Waals surface area contributed by atoms with Gasteiger partial charge >= 0.3 is 23.5 Å². The first-order valence-corrected chi connectivity index (χ1v) is 13.6. The zero-order valence-electron chi connectivity index (χ0n) is 16.8. The van der Waals surface area contributed by atoms with E-state index in [1.165, 1.54) is 17.2 Å². The van der Waals surface area contributed by atoms with Crippen molar-refractivity contribution in [1.82, 2.24) is 19.5 Å². The number of rotatable bonds is 11. The normalized spacial score (nSPS) is 26.8. The summed E-state index contributed by atoms with van der Waals surface area (Å²) in [5.41, 5.74) is 0.526. The molecular weight excluding hydrogens is 527 g/mol. The average Bonchev–Trinajstić information content (AvgIpc) is 3.24. The third-order valence-corrected chi connectivity index (χ3v) is 8.00. The van der Waals surface area contributed by atoms with Crippen molar-refractivity contribution in [2.45, 2.75) is 24.5 Å². The number of fused-ring (bicyclic) bond motifs is 1. The minimum Gasteiger partial charge on any atom is -0.387 e. The van der Waals surface area contributed by atoms with Crippen molar-refractivity contribution in [2.24, 2.45) is 0 Å². The molecule has 0 aliphatic carbocycles. The molecule has 0 saturated carbocycles. The van der Waals surface area contributed by atoms with Crippen molar-refractivity contribution >= 4 is 40.4 Å². The molecule has 1 saturated heterocycles. The molecular formula is C13H20N5O13P3. The molecule has 21 heteroatoms. The molecule has 3 heterocycles. The van der Waals surface area contributed by atoms with E-state index in [9.17, 15) is 28.8 Å². The van der Waals surface area contributed by atoms with Gasteiger partial charge in [0, 0.05) is 6.54 Å². The lowest BCUT2D eigenvalue weighted by atomic mass is 10.1. The largest absolute Gasteiger partial charge is 0.490 e. The molecule has 0 amide bonds. The van der Waals surface area contributed by atoms with Crippen LogP contribution < -0.4 is 5.32 Å². The quantitative estimate of drug-likeness (QED) is 0.136. The Morgan fingerprint density at radius 2 is 1.79 bits per heavy atom. The summed E-state index contributed by atoms with van der Waals surface area (Å²) in [5, 5.41) is 23.6. The Bertz CT molecular complexity index is 1190. The van der Waals surface area contributed by atoms with Gasteiger partial charge in [0.15, 0.2) is 23.2 Å². The first kappa shape index (κ1) is 27.0. The van der Waals surface area contributed by atoms with E-state index in [0.29, 0.717) is 17.9 Å². The zero-order valence-corrected chi connectivity index (χ0v) is 19.5. The number of phosphoric acid groups is 3. The fraction of sp³-hybridized carbons (Fsp3) is 0.462. The third-order valence-electron chi connectivity index (χ3n) is 4.20. The van der Waals surface area contributed by atoms with Crippen molar-refractivity contribution < 1.29 is 61.4 Å². The number of ether oxygens (including phenoxy) is 1. The molecule has 0 radical (unpaired) electrons. The topological polar surface area (TPSA) is 265 Å².